The van der Waals surface area contributed by atoms with Crippen LogP contribution in [0.3, 0.4) is 0 Å². The summed E-state index contributed by atoms with van der Waals surface area (Å²) in [4.78, 5) is 22.3. The Hall–Kier alpha value is -3.25. The molecule has 4 rings (SSSR count). The first kappa shape index (κ1) is 17.2. The molecule has 136 valence electrons. The summed E-state index contributed by atoms with van der Waals surface area (Å²) in [7, 11) is 2.03. The van der Waals surface area contributed by atoms with Crippen LogP contribution in [0.1, 0.15) is 16.8 Å². The second kappa shape index (κ2) is 7.17. The van der Waals surface area contributed by atoms with E-state index in [9.17, 15) is 4.79 Å². The molecule has 0 saturated heterocycles. The van der Waals surface area contributed by atoms with Crippen molar-refractivity contribution in [1.82, 2.24) is 24.5 Å². The maximum Gasteiger partial charge on any atom is 0.275 e. The maximum absolute atomic E-state index is 12.5. The standard InChI is InChI=1S/C21H21N5O/c1-15-7-6-8-16(11-15)13-25(2)14-18-12-19(27)26-21(22-18)23-20(24-26)17-9-4-3-5-10-17/h3-12H,13-14H2,1-2H3,(H,22,23,24). The Morgan fingerprint density at radius 2 is 1.85 bits per heavy atom. The van der Waals surface area contributed by atoms with Gasteiger partial charge >= 0.3 is 0 Å². The van der Waals surface area contributed by atoms with Gasteiger partial charge < -0.3 is 4.98 Å². The van der Waals surface area contributed by atoms with Crippen molar-refractivity contribution in [1.29, 1.82) is 0 Å². The van der Waals surface area contributed by atoms with Crippen LogP contribution in [0.4, 0.5) is 0 Å². The monoisotopic (exact) mass is 359 g/mol. The molecule has 1 N–H and O–H groups in total. The number of aromatic amines is 1. The zero-order valence-electron chi connectivity index (χ0n) is 15.4. The highest BCUT2D eigenvalue weighted by molar-refractivity contribution is 5.56. The van der Waals surface area contributed by atoms with Gasteiger partial charge in [0.05, 0.1) is 0 Å². The molecule has 6 heteroatoms. The van der Waals surface area contributed by atoms with E-state index >= 15 is 0 Å². The molecule has 0 spiro atoms. The summed E-state index contributed by atoms with van der Waals surface area (Å²) in [6, 6.07) is 19.7. The molecular formula is C21H21N5O. The number of H-pyrrole nitrogens is 1. The third-order valence-electron chi connectivity index (χ3n) is 4.39. The fourth-order valence-corrected chi connectivity index (χ4v) is 3.20. The van der Waals surface area contributed by atoms with Crippen LogP contribution in [0, 0.1) is 6.92 Å². The van der Waals surface area contributed by atoms with E-state index in [0.29, 0.717) is 18.1 Å². The molecule has 27 heavy (non-hydrogen) atoms. The first-order chi connectivity index (χ1) is 13.1. The largest absolute Gasteiger partial charge is 0.326 e. The van der Waals surface area contributed by atoms with Gasteiger partial charge in [0, 0.05) is 30.4 Å². The van der Waals surface area contributed by atoms with Gasteiger partial charge in [0.25, 0.3) is 5.56 Å². The van der Waals surface area contributed by atoms with Gasteiger partial charge in [-0.2, -0.15) is 9.50 Å². The second-order valence-corrected chi connectivity index (χ2v) is 6.83. The zero-order valence-corrected chi connectivity index (χ0v) is 15.4. The van der Waals surface area contributed by atoms with E-state index in [1.807, 2.05) is 37.4 Å². The molecule has 0 aliphatic rings. The average Bonchev–Trinajstić information content (AvgIpc) is 3.07. The number of nitrogens with one attached hydrogen (secondary N) is 1. The molecule has 0 bridgehead atoms. The molecule has 2 aromatic carbocycles. The molecular weight excluding hydrogens is 338 g/mol. The molecule has 0 unspecified atom stereocenters. The first-order valence-electron chi connectivity index (χ1n) is 8.87. The predicted molar refractivity (Wildman–Crippen MR) is 105 cm³/mol. The molecule has 2 heterocycles. The first-order valence-corrected chi connectivity index (χ1v) is 8.87. The van der Waals surface area contributed by atoms with Crippen molar-refractivity contribution in [3.05, 3.63) is 87.8 Å². The Kier molecular flexibility index (Phi) is 4.56. The molecule has 4 aromatic rings. The molecule has 0 amide bonds. The van der Waals surface area contributed by atoms with Crippen molar-refractivity contribution < 1.29 is 0 Å². The second-order valence-electron chi connectivity index (χ2n) is 6.83. The van der Waals surface area contributed by atoms with Gasteiger partial charge in [-0.05, 0) is 19.5 Å². The highest BCUT2D eigenvalue weighted by atomic mass is 16.1. The summed E-state index contributed by atoms with van der Waals surface area (Å²) in [5, 5.41) is 4.33. The smallest absolute Gasteiger partial charge is 0.275 e. The lowest BCUT2D eigenvalue weighted by molar-refractivity contribution is 0.315. The van der Waals surface area contributed by atoms with Crippen LogP contribution in [0.25, 0.3) is 17.2 Å². The van der Waals surface area contributed by atoms with Crippen molar-refractivity contribution >= 4 is 5.78 Å². The van der Waals surface area contributed by atoms with Gasteiger partial charge in [-0.1, -0.05) is 60.2 Å². The minimum absolute atomic E-state index is 0.183. The number of benzene rings is 2. The van der Waals surface area contributed by atoms with Crippen molar-refractivity contribution in [3.63, 3.8) is 0 Å². The Labute approximate surface area is 157 Å². The SMILES string of the molecule is Cc1cccc(CN(C)Cc2cc(=O)n3nc(-c4ccccc4)nc3[nH]2)c1. The third-order valence-corrected chi connectivity index (χ3v) is 4.39. The molecule has 0 aliphatic carbocycles. The van der Waals surface area contributed by atoms with Crippen LogP contribution in [0.2, 0.25) is 0 Å². The van der Waals surface area contributed by atoms with E-state index in [2.05, 4.69) is 51.2 Å². The predicted octanol–water partition coefficient (Wildman–Crippen LogP) is 3.03. The highest BCUT2D eigenvalue weighted by Crippen LogP contribution is 2.14. The molecule has 0 saturated carbocycles. The fourth-order valence-electron chi connectivity index (χ4n) is 3.20. The summed E-state index contributed by atoms with van der Waals surface area (Å²) in [6.45, 7) is 3.51. The van der Waals surface area contributed by atoms with Crippen LogP contribution in [0.15, 0.2) is 65.5 Å². The fraction of sp³-hybridized carbons (Fsp3) is 0.190. The van der Waals surface area contributed by atoms with Gasteiger partial charge in [0.2, 0.25) is 5.78 Å². The van der Waals surface area contributed by atoms with Gasteiger partial charge in [-0.15, -0.1) is 5.10 Å². The van der Waals surface area contributed by atoms with Crippen molar-refractivity contribution in [2.24, 2.45) is 0 Å². The van der Waals surface area contributed by atoms with E-state index in [1.165, 1.54) is 15.6 Å². The highest BCUT2D eigenvalue weighted by Gasteiger charge is 2.11. The summed E-state index contributed by atoms with van der Waals surface area (Å²) in [5.74, 6) is 0.995. The van der Waals surface area contributed by atoms with E-state index in [1.54, 1.807) is 6.07 Å². The topological polar surface area (TPSA) is 66.3 Å². The molecule has 0 radical (unpaired) electrons. The van der Waals surface area contributed by atoms with Gasteiger partial charge in [0.15, 0.2) is 5.82 Å². The lowest BCUT2D eigenvalue weighted by Gasteiger charge is -2.16. The quantitative estimate of drug-likeness (QED) is 0.595. The number of nitrogens with zero attached hydrogens (tertiary/aromatic N) is 4. The number of hydrogen-bond donors (Lipinski definition) is 1. The number of fused-ring (bicyclic) bond motifs is 1. The number of aromatic nitrogens is 4. The molecule has 2 aromatic heterocycles. The van der Waals surface area contributed by atoms with Crippen LogP contribution in [-0.4, -0.2) is 31.5 Å². The lowest BCUT2D eigenvalue weighted by Crippen LogP contribution is -2.22. The zero-order chi connectivity index (χ0) is 18.8. The number of aryl methyl sites for hydroxylation is 1. The van der Waals surface area contributed by atoms with Crippen LogP contribution in [-0.2, 0) is 13.1 Å². The van der Waals surface area contributed by atoms with Gasteiger partial charge in [-0.3, -0.25) is 9.69 Å². The van der Waals surface area contributed by atoms with E-state index in [4.69, 9.17) is 0 Å². The minimum atomic E-state index is -0.183. The van der Waals surface area contributed by atoms with Gasteiger partial charge in [-0.25, -0.2) is 0 Å². The molecule has 6 nitrogen and oxygen atoms in total. The average molecular weight is 359 g/mol. The van der Waals surface area contributed by atoms with E-state index < -0.39 is 0 Å². The van der Waals surface area contributed by atoms with Gasteiger partial charge in [0.1, 0.15) is 0 Å². The summed E-state index contributed by atoms with van der Waals surface area (Å²) in [5.41, 5.74) is 4.00. The Morgan fingerprint density at radius 1 is 1.04 bits per heavy atom. The van der Waals surface area contributed by atoms with Crippen molar-refractivity contribution in [2.75, 3.05) is 7.05 Å². The molecule has 0 atom stereocenters. The Bertz CT molecular complexity index is 1130. The Morgan fingerprint density at radius 3 is 2.63 bits per heavy atom. The van der Waals surface area contributed by atoms with E-state index in [0.717, 1.165) is 17.8 Å². The normalized spacial score (nSPS) is 11.4. The Balaban J connectivity index is 1.58. The van der Waals surface area contributed by atoms with Crippen LogP contribution >= 0.6 is 0 Å². The summed E-state index contributed by atoms with van der Waals surface area (Å²) in [6.07, 6.45) is 0. The van der Waals surface area contributed by atoms with Crippen LogP contribution in [0.5, 0.6) is 0 Å². The summed E-state index contributed by atoms with van der Waals surface area (Å²) >= 11 is 0. The maximum atomic E-state index is 12.5. The molecule has 0 aliphatic heterocycles. The van der Waals surface area contributed by atoms with E-state index in [-0.39, 0.29) is 5.56 Å². The van der Waals surface area contributed by atoms with Crippen LogP contribution < -0.4 is 5.56 Å². The van der Waals surface area contributed by atoms with Crippen molar-refractivity contribution in [2.45, 2.75) is 20.0 Å². The lowest BCUT2D eigenvalue weighted by atomic mass is 10.1. The molecule has 0 fully saturated rings. The number of rotatable bonds is 5. The number of hydrogen-bond acceptors (Lipinski definition) is 4. The third kappa shape index (κ3) is 3.80. The minimum Gasteiger partial charge on any atom is -0.326 e. The van der Waals surface area contributed by atoms with Crippen molar-refractivity contribution in [3.8, 4) is 11.4 Å². The summed E-state index contributed by atoms with van der Waals surface area (Å²) < 4.78 is 1.31.